The minimum atomic E-state index is -3.18. The zero-order valence-electron chi connectivity index (χ0n) is 12.0. The summed E-state index contributed by atoms with van der Waals surface area (Å²) >= 11 is 0. The number of hydrogen-bond donors (Lipinski definition) is 2. The molecule has 2 fully saturated rings. The van der Waals surface area contributed by atoms with Gasteiger partial charge in [-0.3, -0.25) is 0 Å². The predicted octanol–water partition coefficient (Wildman–Crippen LogP) is 2.15. The molecule has 4 nitrogen and oxygen atoms in total. The lowest BCUT2D eigenvalue weighted by Crippen LogP contribution is -2.57. The Morgan fingerprint density at radius 2 is 1.74 bits per heavy atom. The van der Waals surface area contributed by atoms with E-state index in [1.807, 2.05) is 0 Å². The molecule has 0 aliphatic heterocycles. The van der Waals surface area contributed by atoms with Crippen LogP contribution < -0.4 is 10.5 Å². The highest BCUT2D eigenvalue weighted by atomic mass is 32.2. The average Bonchev–Trinajstić information content (AvgIpc) is 2.94. The summed E-state index contributed by atoms with van der Waals surface area (Å²) in [5.74, 6) is 0.746. The van der Waals surface area contributed by atoms with Crippen LogP contribution in [-0.4, -0.2) is 25.8 Å². The van der Waals surface area contributed by atoms with Crippen LogP contribution in [-0.2, 0) is 10.0 Å². The van der Waals surface area contributed by atoms with Crippen molar-refractivity contribution in [1.29, 1.82) is 0 Å². The molecule has 2 aliphatic carbocycles. The van der Waals surface area contributed by atoms with Crippen molar-refractivity contribution < 1.29 is 8.42 Å². The average molecular weight is 288 g/mol. The van der Waals surface area contributed by atoms with Crippen LogP contribution >= 0.6 is 0 Å². The predicted molar refractivity (Wildman–Crippen MR) is 78.3 cm³/mol. The second-order valence-electron chi connectivity index (χ2n) is 6.39. The minimum Gasteiger partial charge on any atom is -0.329 e. The molecule has 5 heteroatoms. The fraction of sp³-hybridized carbons (Fsp3) is 1.00. The first-order valence-electron chi connectivity index (χ1n) is 7.74. The summed E-state index contributed by atoms with van der Waals surface area (Å²) in [5, 5.41) is -0.181. The molecular weight excluding hydrogens is 260 g/mol. The maximum absolute atomic E-state index is 12.4. The van der Waals surface area contributed by atoms with Crippen molar-refractivity contribution in [2.24, 2.45) is 11.7 Å². The monoisotopic (exact) mass is 288 g/mol. The second kappa shape index (κ2) is 6.10. The Morgan fingerprint density at radius 3 is 2.21 bits per heavy atom. The first-order valence-corrected chi connectivity index (χ1v) is 9.29. The molecule has 0 radical (unpaired) electrons. The molecule has 2 saturated carbocycles. The van der Waals surface area contributed by atoms with Gasteiger partial charge >= 0.3 is 0 Å². The van der Waals surface area contributed by atoms with Gasteiger partial charge in [-0.2, -0.15) is 0 Å². The molecule has 2 rings (SSSR count). The lowest BCUT2D eigenvalue weighted by Gasteiger charge is -2.40. The molecule has 0 bridgehead atoms. The topological polar surface area (TPSA) is 72.2 Å². The molecule has 0 aromatic rings. The highest BCUT2D eigenvalue weighted by Crippen LogP contribution is 2.35. The lowest BCUT2D eigenvalue weighted by atomic mass is 9.76. The summed E-state index contributed by atoms with van der Waals surface area (Å²) in [6.45, 7) is 2.64. The molecule has 3 N–H and O–H groups in total. The van der Waals surface area contributed by atoms with Gasteiger partial charge in [-0.15, -0.1) is 0 Å². The lowest BCUT2D eigenvalue weighted by molar-refractivity contribution is 0.217. The van der Waals surface area contributed by atoms with Crippen LogP contribution in [0.3, 0.4) is 0 Å². The van der Waals surface area contributed by atoms with Crippen molar-refractivity contribution in [3.05, 3.63) is 0 Å². The fourth-order valence-electron chi connectivity index (χ4n) is 3.57. The van der Waals surface area contributed by atoms with Crippen molar-refractivity contribution in [3.8, 4) is 0 Å². The van der Waals surface area contributed by atoms with Crippen molar-refractivity contribution in [2.45, 2.75) is 75.5 Å². The smallest absolute Gasteiger partial charge is 0.215 e. The van der Waals surface area contributed by atoms with E-state index in [2.05, 4.69) is 11.6 Å². The van der Waals surface area contributed by atoms with E-state index in [1.54, 1.807) is 0 Å². The van der Waals surface area contributed by atoms with Gasteiger partial charge in [0, 0.05) is 12.1 Å². The SMILES string of the molecule is CCC1CCC(CN)(NS(=O)(=O)C2CCCC2)CC1. The number of hydrogen-bond acceptors (Lipinski definition) is 3. The van der Waals surface area contributed by atoms with Gasteiger partial charge in [-0.1, -0.05) is 26.2 Å². The van der Waals surface area contributed by atoms with Crippen LogP contribution in [0.5, 0.6) is 0 Å². The van der Waals surface area contributed by atoms with Gasteiger partial charge in [0.15, 0.2) is 0 Å². The van der Waals surface area contributed by atoms with Gasteiger partial charge in [0.05, 0.1) is 5.25 Å². The summed E-state index contributed by atoms with van der Waals surface area (Å²) in [6, 6.07) is 0. The Kier molecular flexibility index (Phi) is 4.90. The highest BCUT2D eigenvalue weighted by molar-refractivity contribution is 7.90. The van der Waals surface area contributed by atoms with Crippen molar-refractivity contribution >= 4 is 10.0 Å². The standard InChI is InChI=1S/C14H28N2O2S/c1-2-12-7-9-14(11-15,10-8-12)16-19(17,18)13-5-3-4-6-13/h12-13,16H,2-11,15H2,1H3. The van der Waals surface area contributed by atoms with E-state index in [0.717, 1.165) is 57.3 Å². The molecule has 19 heavy (non-hydrogen) atoms. The van der Waals surface area contributed by atoms with E-state index >= 15 is 0 Å². The maximum Gasteiger partial charge on any atom is 0.215 e. The second-order valence-corrected chi connectivity index (χ2v) is 8.35. The maximum atomic E-state index is 12.4. The summed E-state index contributed by atoms with van der Waals surface area (Å²) in [5.41, 5.74) is 5.54. The highest BCUT2D eigenvalue weighted by Gasteiger charge is 2.40. The van der Waals surface area contributed by atoms with E-state index in [9.17, 15) is 8.42 Å². The molecule has 0 unspecified atom stereocenters. The van der Waals surface area contributed by atoms with Crippen molar-refractivity contribution in [1.82, 2.24) is 4.72 Å². The Labute approximate surface area is 117 Å². The number of nitrogens with two attached hydrogens (primary N) is 1. The molecular formula is C14H28N2O2S. The quantitative estimate of drug-likeness (QED) is 0.814. The molecule has 112 valence electrons. The van der Waals surface area contributed by atoms with E-state index in [-0.39, 0.29) is 10.8 Å². The minimum absolute atomic E-state index is 0.181. The van der Waals surface area contributed by atoms with Crippen LogP contribution in [0.1, 0.15) is 64.7 Å². The summed E-state index contributed by atoms with van der Waals surface area (Å²) in [4.78, 5) is 0. The van der Waals surface area contributed by atoms with Gasteiger partial charge in [-0.05, 0) is 44.4 Å². The first kappa shape index (κ1) is 15.3. The van der Waals surface area contributed by atoms with Gasteiger partial charge in [-0.25, -0.2) is 13.1 Å². The molecule has 0 aromatic heterocycles. The van der Waals surface area contributed by atoms with Gasteiger partial charge < -0.3 is 5.73 Å². The Bertz CT molecular complexity index is 380. The summed E-state index contributed by atoms with van der Waals surface area (Å²) < 4.78 is 27.9. The van der Waals surface area contributed by atoms with E-state index in [0.29, 0.717) is 6.54 Å². The van der Waals surface area contributed by atoms with Crippen LogP contribution in [0, 0.1) is 5.92 Å². The largest absolute Gasteiger partial charge is 0.329 e. The van der Waals surface area contributed by atoms with Crippen LogP contribution in [0.2, 0.25) is 0 Å². The van der Waals surface area contributed by atoms with Crippen LogP contribution in [0.4, 0.5) is 0 Å². The molecule has 0 saturated heterocycles. The fourth-order valence-corrected chi connectivity index (χ4v) is 5.58. The summed E-state index contributed by atoms with van der Waals surface area (Å²) in [6.07, 6.45) is 8.89. The van der Waals surface area contributed by atoms with Gasteiger partial charge in [0.2, 0.25) is 10.0 Å². The Hall–Kier alpha value is -0.130. The van der Waals surface area contributed by atoms with E-state index < -0.39 is 10.0 Å². The van der Waals surface area contributed by atoms with Crippen molar-refractivity contribution in [3.63, 3.8) is 0 Å². The van der Waals surface area contributed by atoms with E-state index in [1.165, 1.54) is 6.42 Å². The molecule has 2 aliphatic rings. The van der Waals surface area contributed by atoms with Gasteiger partial charge in [0.1, 0.15) is 0 Å². The zero-order chi connectivity index (χ0) is 13.9. The normalized spacial score (nSPS) is 33.7. The van der Waals surface area contributed by atoms with Gasteiger partial charge in [0.25, 0.3) is 0 Å². The molecule has 0 atom stereocenters. The number of rotatable bonds is 5. The summed E-state index contributed by atoms with van der Waals surface area (Å²) in [7, 11) is -3.18. The molecule has 0 spiro atoms. The molecule has 0 heterocycles. The third-order valence-electron chi connectivity index (χ3n) is 5.13. The third-order valence-corrected chi connectivity index (χ3v) is 7.20. The third kappa shape index (κ3) is 3.50. The zero-order valence-corrected chi connectivity index (χ0v) is 12.8. The Balaban J connectivity index is 2.02. The van der Waals surface area contributed by atoms with Crippen LogP contribution in [0.25, 0.3) is 0 Å². The Morgan fingerprint density at radius 1 is 1.16 bits per heavy atom. The van der Waals surface area contributed by atoms with Crippen LogP contribution in [0.15, 0.2) is 0 Å². The first-order chi connectivity index (χ1) is 9.01. The van der Waals surface area contributed by atoms with Crippen molar-refractivity contribution in [2.75, 3.05) is 6.54 Å². The molecule has 0 aromatic carbocycles. The number of nitrogens with one attached hydrogen (secondary N) is 1. The molecule has 0 amide bonds. The van der Waals surface area contributed by atoms with E-state index in [4.69, 9.17) is 5.73 Å². The number of sulfonamides is 1.